The van der Waals surface area contributed by atoms with Gasteiger partial charge in [-0.2, -0.15) is 0 Å². The fourth-order valence-corrected chi connectivity index (χ4v) is 2.67. The summed E-state index contributed by atoms with van der Waals surface area (Å²) in [6.07, 6.45) is 6.46. The molecule has 0 saturated heterocycles. The van der Waals surface area contributed by atoms with E-state index in [0.29, 0.717) is 6.04 Å². The van der Waals surface area contributed by atoms with Crippen LogP contribution < -0.4 is 10.6 Å². The summed E-state index contributed by atoms with van der Waals surface area (Å²) in [5.41, 5.74) is 8.63. The molecule has 0 fully saturated rings. The lowest BCUT2D eigenvalue weighted by Gasteiger charge is -2.32. The summed E-state index contributed by atoms with van der Waals surface area (Å²) >= 11 is 0. The average molecular weight is 262 g/mol. The van der Waals surface area contributed by atoms with E-state index in [1.807, 2.05) is 0 Å². The van der Waals surface area contributed by atoms with Gasteiger partial charge in [-0.1, -0.05) is 44.7 Å². The second-order valence-electron chi connectivity index (χ2n) is 5.36. The van der Waals surface area contributed by atoms with E-state index >= 15 is 0 Å². The molecule has 0 bridgehead atoms. The maximum absolute atomic E-state index is 6.00. The van der Waals surface area contributed by atoms with E-state index in [1.165, 1.54) is 43.4 Å². The second kappa shape index (κ2) is 8.98. The van der Waals surface area contributed by atoms with Gasteiger partial charge in [0.05, 0.1) is 0 Å². The van der Waals surface area contributed by atoms with Gasteiger partial charge in [0.2, 0.25) is 0 Å². The third-order valence-electron chi connectivity index (χ3n) is 3.78. The summed E-state index contributed by atoms with van der Waals surface area (Å²) in [4.78, 5) is 2.46. The van der Waals surface area contributed by atoms with Gasteiger partial charge in [0, 0.05) is 24.8 Å². The number of benzene rings is 1. The maximum atomic E-state index is 6.00. The van der Waals surface area contributed by atoms with Crippen molar-refractivity contribution < 1.29 is 0 Å². The first-order chi connectivity index (χ1) is 9.22. The third-order valence-corrected chi connectivity index (χ3v) is 3.78. The molecule has 0 saturated carbocycles. The van der Waals surface area contributed by atoms with Gasteiger partial charge in [-0.15, -0.1) is 0 Å². The molecule has 0 aliphatic heterocycles. The van der Waals surface area contributed by atoms with Crippen LogP contribution in [0, 0.1) is 6.92 Å². The van der Waals surface area contributed by atoms with Gasteiger partial charge >= 0.3 is 0 Å². The first-order valence-corrected chi connectivity index (χ1v) is 7.76. The minimum absolute atomic E-state index is 0.476. The van der Waals surface area contributed by atoms with Gasteiger partial charge in [-0.25, -0.2) is 0 Å². The Kier molecular flexibility index (Phi) is 7.57. The number of anilines is 1. The number of hydrogen-bond donors (Lipinski definition) is 1. The number of aryl methyl sites for hydroxylation is 1. The van der Waals surface area contributed by atoms with Crippen molar-refractivity contribution in [2.45, 2.75) is 58.9 Å². The predicted molar refractivity (Wildman–Crippen MR) is 85.8 cm³/mol. The van der Waals surface area contributed by atoms with Crippen molar-refractivity contribution in [3.05, 3.63) is 29.8 Å². The first kappa shape index (κ1) is 16.0. The molecule has 1 atom stereocenters. The molecule has 0 spiro atoms. The van der Waals surface area contributed by atoms with Gasteiger partial charge in [0.15, 0.2) is 0 Å². The number of likely N-dealkylation sites (N-methyl/N-ethyl adjacent to an activating group) is 1. The van der Waals surface area contributed by atoms with Crippen molar-refractivity contribution in [2.24, 2.45) is 5.73 Å². The molecule has 2 nitrogen and oxygen atoms in total. The molecule has 2 heteroatoms. The lowest BCUT2D eigenvalue weighted by molar-refractivity contribution is 0.521. The summed E-state index contributed by atoms with van der Waals surface area (Å²) in [5.74, 6) is 0. The Bertz CT molecular complexity index is 349. The van der Waals surface area contributed by atoms with Gasteiger partial charge in [0.1, 0.15) is 0 Å². The highest BCUT2D eigenvalue weighted by Gasteiger charge is 2.15. The van der Waals surface area contributed by atoms with E-state index in [9.17, 15) is 0 Å². The summed E-state index contributed by atoms with van der Waals surface area (Å²) in [6, 6.07) is 9.22. The van der Waals surface area contributed by atoms with Gasteiger partial charge < -0.3 is 10.6 Å². The van der Waals surface area contributed by atoms with E-state index in [1.54, 1.807) is 0 Å². The summed E-state index contributed by atoms with van der Waals surface area (Å²) in [5, 5.41) is 0. The van der Waals surface area contributed by atoms with Crippen molar-refractivity contribution in [1.82, 2.24) is 0 Å². The average Bonchev–Trinajstić information content (AvgIpc) is 2.42. The molecule has 2 N–H and O–H groups in total. The SMILES string of the molecule is CCCCCCC(CN)N(CC)c1cccc(C)c1. The Morgan fingerprint density at radius 3 is 2.53 bits per heavy atom. The fourth-order valence-electron chi connectivity index (χ4n) is 2.67. The zero-order valence-electron chi connectivity index (χ0n) is 12.9. The molecule has 1 aromatic carbocycles. The molecule has 0 aliphatic rings. The highest BCUT2D eigenvalue weighted by atomic mass is 15.2. The van der Waals surface area contributed by atoms with Crippen LogP contribution in [-0.4, -0.2) is 19.1 Å². The highest BCUT2D eigenvalue weighted by molar-refractivity contribution is 5.49. The van der Waals surface area contributed by atoms with Crippen LogP contribution in [-0.2, 0) is 0 Å². The molecule has 0 amide bonds. The Labute approximate surface area is 119 Å². The maximum Gasteiger partial charge on any atom is 0.0412 e. The normalized spacial score (nSPS) is 12.4. The minimum atomic E-state index is 0.476. The van der Waals surface area contributed by atoms with Crippen LogP contribution in [0.5, 0.6) is 0 Å². The molecule has 1 rings (SSSR count). The largest absolute Gasteiger partial charge is 0.368 e. The van der Waals surface area contributed by atoms with Gasteiger partial charge in [0.25, 0.3) is 0 Å². The topological polar surface area (TPSA) is 29.3 Å². The standard InChI is InChI=1S/C17H30N2/c1-4-6-7-8-11-17(14-18)19(5-2)16-12-9-10-15(3)13-16/h9-10,12-13,17H,4-8,11,14,18H2,1-3H3. The smallest absolute Gasteiger partial charge is 0.0412 e. The Morgan fingerprint density at radius 2 is 1.95 bits per heavy atom. The zero-order chi connectivity index (χ0) is 14.1. The van der Waals surface area contributed by atoms with Crippen LogP contribution in [0.4, 0.5) is 5.69 Å². The number of nitrogens with two attached hydrogens (primary N) is 1. The first-order valence-electron chi connectivity index (χ1n) is 7.76. The molecule has 0 aromatic heterocycles. The van der Waals surface area contributed by atoms with Crippen molar-refractivity contribution >= 4 is 5.69 Å². The molecule has 1 aromatic rings. The van der Waals surface area contributed by atoms with Gasteiger partial charge in [-0.3, -0.25) is 0 Å². The summed E-state index contributed by atoms with van der Waals surface area (Å²) in [7, 11) is 0. The molecule has 108 valence electrons. The highest BCUT2D eigenvalue weighted by Crippen LogP contribution is 2.21. The van der Waals surface area contributed by atoms with Crippen LogP contribution in [0.1, 0.15) is 51.5 Å². The van der Waals surface area contributed by atoms with Gasteiger partial charge in [-0.05, 0) is 38.0 Å². The van der Waals surface area contributed by atoms with E-state index in [0.717, 1.165) is 13.1 Å². The van der Waals surface area contributed by atoms with Crippen LogP contribution >= 0.6 is 0 Å². The van der Waals surface area contributed by atoms with E-state index < -0.39 is 0 Å². The molecular formula is C17H30N2. The van der Waals surface area contributed by atoms with E-state index in [4.69, 9.17) is 5.73 Å². The molecule has 0 radical (unpaired) electrons. The van der Waals surface area contributed by atoms with Crippen molar-refractivity contribution in [3.63, 3.8) is 0 Å². The summed E-state index contributed by atoms with van der Waals surface area (Å²) < 4.78 is 0. The minimum Gasteiger partial charge on any atom is -0.368 e. The van der Waals surface area contributed by atoms with E-state index in [-0.39, 0.29) is 0 Å². The van der Waals surface area contributed by atoms with E-state index in [2.05, 4.69) is 49.9 Å². The van der Waals surface area contributed by atoms with Crippen molar-refractivity contribution in [3.8, 4) is 0 Å². The number of nitrogens with zero attached hydrogens (tertiary/aromatic N) is 1. The van der Waals surface area contributed by atoms with Crippen LogP contribution in [0.3, 0.4) is 0 Å². The lowest BCUT2D eigenvalue weighted by atomic mass is 10.0. The van der Waals surface area contributed by atoms with Crippen molar-refractivity contribution in [2.75, 3.05) is 18.0 Å². The predicted octanol–water partition coefficient (Wildman–Crippen LogP) is 4.12. The quantitative estimate of drug-likeness (QED) is 0.678. The third kappa shape index (κ3) is 5.23. The monoisotopic (exact) mass is 262 g/mol. The molecule has 1 unspecified atom stereocenters. The Hall–Kier alpha value is -1.02. The molecule has 0 aliphatic carbocycles. The Balaban J connectivity index is 2.64. The van der Waals surface area contributed by atoms with Crippen molar-refractivity contribution in [1.29, 1.82) is 0 Å². The zero-order valence-corrected chi connectivity index (χ0v) is 12.9. The summed E-state index contributed by atoms with van der Waals surface area (Å²) in [6.45, 7) is 8.39. The van der Waals surface area contributed by atoms with Crippen LogP contribution in [0.15, 0.2) is 24.3 Å². The molecule has 19 heavy (non-hydrogen) atoms. The lowest BCUT2D eigenvalue weighted by Crippen LogP contribution is -2.40. The number of unbranched alkanes of at least 4 members (excludes halogenated alkanes) is 3. The number of rotatable bonds is 9. The van der Waals surface area contributed by atoms with Crippen LogP contribution in [0.25, 0.3) is 0 Å². The Morgan fingerprint density at radius 1 is 1.16 bits per heavy atom. The van der Waals surface area contributed by atoms with Crippen LogP contribution in [0.2, 0.25) is 0 Å². The second-order valence-corrected chi connectivity index (χ2v) is 5.36. The number of hydrogen-bond acceptors (Lipinski definition) is 2. The molecular weight excluding hydrogens is 232 g/mol. The molecule has 0 heterocycles. The fraction of sp³-hybridized carbons (Fsp3) is 0.647.